The smallest absolute Gasteiger partial charge is 0.315 e. The number of allylic oxidation sites excluding steroid dienone is 2. The molecule has 0 amide bonds. The van der Waals surface area contributed by atoms with Crippen molar-refractivity contribution in [2.45, 2.75) is 18.5 Å². The van der Waals surface area contributed by atoms with Gasteiger partial charge < -0.3 is 10.6 Å². The summed E-state index contributed by atoms with van der Waals surface area (Å²) in [6, 6.07) is -0.0668. The van der Waals surface area contributed by atoms with E-state index in [0.29, 0.717) is 6.08 Å². The van der Waals surface area contributed by atoms with Crippen LogP contribution in [0.15, 0.2) is 28.9 Å². The van der Waals surface area contributed by atoms with Gasteiger partial charge in [-0.3, -0.25) is 20.2 Å². The molecule has 0 saturated carbocycles. The summed E-state index contributed by atoms with van der Waals surface area (Å²) in [5.74, 6) is 0. The monoisotopic (exact) mass is 466 g/mol. The maximum atomic E-state index is 13.3. The first-order valence-electron chi connectivity index (χ1n) is 6.99. The van der Waals surface area contributed by atoms with Gasteiger partial charge in [0.25, 0.3) is 0 Å². The van der Waals surface area contributed by atoms with E-state index in [4.69, 9.17) is 28.9 Å². The molecule has 158 valence electrons. The van der Waals surface area contributed by atoms with Crippen LogP contribution in [0.25, 0.3) is 0 Å². The van der Waals surface area contributed by atoms with Gasteiger partial charge in [-0.2, -0.15) is 26.3 Å². The van der Waals surface area contributed by atoms with E-state index in [2.05, 4.69) is 0 Å². The van der Waals surface area contributed by atoms with Crippen LogP contribution in [0.3, 0.4) is 0 Å². The molecule has 0 aromatic heterocycles. The Morgan fingerprint density at radius 3 is 1.93 bits per heavy atom. The van der Waals surface area contributed by atoms with Crippen molar-refractivity contribution in [1.29, 1.82) is 0 Å². The normalized spacial score (nSPS) is 17.7. The Balaban J connectivity index is 3.01. The predicted molar refractivity (Wildman–Crippen MR) is 88.3 cm³/mol. The number of nitro benzene ring substituents is 2. The van der Waals surface area contributed by atoms with Crippen molar-refractivity contribution < 1.29 is 36.2 Å². The summed E-state index contributed by atoms with van der Waals surface area (Å²) >= 11 is 11.1. The lowest BCUT2D eigenvalue weighted by atomic mass is 10.1. The number of benzene rings is 1. The van der Waals surface area contributed by atoms with Crippen molar-refractivity contribution in [2.75, 3.05) is 4.90 Å². The Bertz CT molecular complexity index is 960. The van der Waals surface area contributed by atoms with Gasteiger partial charge >= 0.3 is 23.7 Å². The van der Waals surface area contributed by atoms with Gasteiger partial charge in [0, 0.05) is 6.20 Å². The SMILES string of the molecule is NC1C(Cl)=CC(C(F)(F)F)=CN1c1c([N+](=O)[O-])c(Cl)cc(C(F)(F)F)c1[N+](=O)[O-]. The third kappa shape index (κ3) is 4.23. The van der Waals surface area contributed by atoms with Crippen molar-refractivity contribution in [3.63, 3.8) is 0 Å². The molecule has 0 radical (unpaired) electrons. The van der Waals surface area contributed by atoms with Crippen LogP contribution in [0, 0.1) is 20.2 Å². The summed E-state index contributed by atoms with van der Waals surface area (Å²) in [6.07, 6.45) is -12.0. The lowest BCUT2D eigenvalue weighted by Gasteiger charge is -2.31. The second-order valence-electron chi connectivity index (χ2n) is 5.43. The zero-order chi connectivity index (χ0) is 22.5. The first-order chi connectivity index (χ1) is 13.1. The Hall–Kier alpha value is -2.58. The zero-order valence-corrected chi connectivity index (χ0v) is 14.9. The highest BCUT2D eigenvalue weighted by molar-refractivity contribution is 6.34. The number of hydrogen-bond donors (Lipinski definition) is 1. The fraction of sp³-hybridized carbons (Fsp3) is 0.231. The maximum Gasteiger partial charge on any atom is 0.423 e. The summed E-state index contributed by atoms with van der Waals surface area (Å²) in [6.45, 7) is 0. The van der Waals surface area contributed by atoms with Crippen LogP contribution >= 0.6 is 23.2 Å². The van der Waals surface area contributed by atoms with Crippen molar-refractivity contribution >= 4 is 40.3 Å². The molecule has 1 atom stereocenters. The Labute approximate surface area is 166 Å². The van der Waals surface area contributed by atoms with Gasteiger partial charge in [0.1, 0.15) is 16.8 Å². The number of rotatable bonds is 3. The van der Waals surface area contributed by atoms with Crippen LogP contribution in [-0.4, -0.2) is 22.2 Å². The van der Waals surface area contributed by atoms with E-state index in [0.717, 1.165) is 0 Å². The largest absolute Gasteiger partial charge is 0.423 e. The number of halogens is 8. The minimum Gasteiger partial charge on any atom is -0.315 e. The molecule has 1 unspecified atom stereocenters. The Morgan fingerprint density at radius 2 is 1.52 bits per heavy atom. The average molecular weight is 467 g/mol. The highest BCUT2D eigenvalue weighted by Gasteiger charge is 2.47. The molecular formula is C13H6Cl2F6N4O4. The summed E-state index contributed by atoms with van der Waals surface area (Å²) in [5.41, 5.74) is -2.90. The number of hydrogen-bond acceptors (Lipinski definition) is 6. The number of nitro groups is 2. The number of alkyl halides is 6. The molecular weight excluding hydrogens is 461 g/mol. The summed E-state index contributed by atoms with van der Waals surface area (Å²) < 4.78 is 79.1. The first kappa shape index (κ1) is 22.7. The molecule has 0 bridgehead atoms. The lowest BCUT2D eigenvalue weighted by molar-refractivity contribution is -0.394. The van der Waals surface area contributed by atoms with Crippen LogP contribution in [0.2, 0.25) is 5.02 Å². The standard InChI is InChI=1S/C13H6Cl2F6N4O4/c14-6-2-5(13(19,20)21)8(24(26)27)10(9(6)25(28)29)23-3-4(12(16,17)18)1-7(15)11(23)22/h1-3,11H,22H2. The average Bonchev–Trinajstić information content (AvgIpc) is 2.53. The van der Waals surface area contributed by atoms with Gasteiger partial charge in [-0.25, -0.2) is 0 Å². The molecule has 0 fully saturated rings. The molecule has 1 heterocycles. The predicted octanol–water partition coefficient (Wildman–Crippen LogP) is 4.85. The highest BCUT2D eigenvalue weighted by Crippen LogP contribution is 2.51. The van der Waals surface area contributed by atoms with Gasteiger partial charge in [-0.05, 0) is 12.1 Å². The molecule has 8 nitrogen and oxygen atoms in total. The topological polar surface area (TPSA) is 116 Å². The van der Waals surface area contributed by atoms with Crippen molar-refractivity contribution in [3.8, 4) is 0 Å². The quantitative estimate of drug-likeness (QED) is 0.386. The van der Waals surface area contributed by atoms with Gasteiger partial charge in [-0.1, -0.05) is 23.2 Å². The molecule has 1 aliphatic heterocycles. The van der Waals surface area contributed by atoms with Crippen molar-refractivity contribution in [3.05, 3.63) is 59.8 Å². The summed E-state index contributed by atoms with van der Waals surface area (Å²) in [4.78, 5) is 19.8. The summed E-state index contributed by atoms with van der Waals surface area (Å²) in [5, 5.41) is 20.7. The van der Waals surface area contributed by atoms with Gasteiger partial charge in [0.15, 0.2) is 0 Å². The van der Waals surface area contributed by atoms with E-state index in [1.807, 2.05) is 0 Å². The van der Waals surface area contributed by atoms with E-state index >= 15 is 0 Å². The fourth-order valence-electron chi connectivity index (χ4n) is 2.43. The number of anilines is 1. The van der Waals surface area contributed by atoms with Crippen LogP contribution in [-0.2, 0) is 6.18 Å². The third-order valence-corrected chi connectivity index (χ3v) is 4.23. The molecule has 0 spiro atoms. The maximum absolute atomic E-state index is 13.3. The van der Waals surface area contributed by atoms with Crippen molar-refractivity contribution in [2.24, 2.45) is 5.73 Å². The number of nitrogens with zero attached hydrogens (tertiary/aromatic N) is 3. The van der Waals surface area contributed by atoms with E-state index in [-0.39, 0.29) is 17.2 Å². The second-order valence-corrected chi connectivity index (χ2v) is 6.27. The van der Waals surface area contributed by atoms with Gasteiger partial charge in [0.2, 0.25) is 5.69 Å². The van der Waals surface area contributed by atoms with E-state index < -0.39 is 66.6 Å². The summed E-state index contributed by atoms with van der Waals surface area (Å²) in [7, 11) is 0. The zero-order valence-electron chi connectivity index (χ0n) is 13.4. The van der Waals surface area contributed by atoms with Crippen LogP contribution < -0.4 is 10.6 Å². The molecule has 29 heavy (non-hydrogen) atoms. The van der Waals surface area contributed by atoms with Gasteiger partial charge in [-0.15, -0.1) is 0 Å². The molecule has 1 aliphatic rings. The minimum atomic E-state index is -5.42. The molecule has 1 aromatic rings. The van der Waals surface area contributed by atoms with Crippen LogP contribution in [0.4, 0.5) is 43.4 Å². The molecule has 1 aromatic carbocycles. The van der Waals surface area contributed by atoms with Crippen LogP contribution in [0.5, 0.6) is 0 Å². The second kappa shape index (κ2) is 7.35. The number of nitrogens with two attached hydrogens (primary N) is 1. The molecule has 0 aliphatic carbocycles. The van der Waals surface area contributed by atoms with E-state index in [1.165, 1.54) is 0 Å². The minimum absolute atomic E-state index is 0.0581. The molecule has 16 heteroatoms. The fourth-order valence-corrected chi connectivity index (χ4v) is 2.92. The van der Waals surface area contributed by atoms with E-state index in [1.54, 1.807) is 0 Å². The Morgan fingerprint density at radius 1 is 1.00 bits per heavy atom. The van der Waals surface area contributed by atoms with E-state index in [9.17, 15) is 46.6 Å². The first-order valence-corrected chi connectivity index (χ1v) is 7.75. The third-order valence-electron chi connectivity index (χ3n) is 3.61. The Kier molecular flexibility index (Phi) is 5.75. The van der Waals surface area contributed by atoms with Crippen LogP contribution in [0.1, 0.15) is 5.56 Å². The molecule has 2 N–H and O–H groups in total. The highest BCUT2D eigenvalue weighted by atomic mass is 35.5. The lowest BCUT2D eigenvalue weighted by Crippen LogP contribution is -2.42. The van der Waals surface area contributed by atoms with Gasteiger partial charge in [0.05, 0.1) is 20.5 Å². The molecule has 0 saturated heterocycles. The molecule has 2 rings (SSSR count). The van der Waals surface area contributed by atoms with Crippen molar-refractivity contribution in [1.82, 2.24) is 0 Å².